The molecule has 2 fully saturated rings. The van der Waals surface area contributed by atoms with Gasteiger partial charge in [0.15, 0.2) is 0 Å². The largest absolute Gasteiger partial charge is 0.463 e. The highest BCUT2D eigenvalue weighted by atomic mass is 19.3. The number of allylic oxidation sites excluding steroid dienone is 2. The van der Waals surface area contributed by atoms with Crippen molar-refractivity contribution in [1.29, 1.82) is 0 Å². The summed E-state index contributed by atoms with van der Waals surface area (Å²) in [7, 11) is 0. The third-order valence-corrected chi connectivity index (χ3v) is 9.21. The third kappa shape index (κ3) is 12.5. The van der Waals surface area contributed by atoms with Gasteiger partial charge in [0.05, 0.1) is 13.2 Å². The van der Waals surface area contributed by atoms with Crippen molar-refractivity contribution in [3.05, 3.63) is 154 Å². The van der Waals surface area contributed by atoms with Gasteiger partial charge in [-0.25, -0.2) is 9.59 Å². The number of halogens is 4. The molecule has 0 saturated heterocycles. The maximum Gasteiger partial charge on any atom is 0.387 e. The highest BCUT2D eigenvalue weighted by Crippen LogP contribution is 2.42. The van der Waals surface area contributed by atoms with Crippen molar-refractivity contribution in [2.75, 3.05) is 13.2 Å². The summed E-state index contributed by atoms with van der Waals surface area (Å²) in [6.45, 7) is -1.55. The van der Waals surface area contributed by atoms with Crippen LogP contribution in [0.2, 0.25) is 0 Å². The van der Waals surface area contributed by atoms with Crippen LogP contribution < -0.4 is 9.47 Å². The van der Waals surface area contributed by atoms with E-state index in [1.54, 1.807) is 50.3 Å². The molecule has 58 heavy (non-hydrogen) atoms. The molecule has 0 aromatic heterocycles. The number of hydrogen-bond donors (Lipinski definition) is 0. The number of esters is 2. The zero-order valence-corrected chi connectivity index (χ0v) is 31.7. The Morgan fingerprint density at radius 1 is 0.586 bits per heavy atom. The lowest BCUT2D eigenvalue weighted by atomic mass is 9.75. The van der Waals surface area contributed by atoms with Crippen molar-refractivity contribution in [1.82, 2.24) is 0 Å². The first-order valence-corrected chi connectivity index (χ1v) is 18.5. The Labute approximate surface area is 333 Å². The molecule has 0 atom stereocenters. The molecule has 0 heterocycles. The maximum absolute atomic E-state index is 12.6. The van der Waals surface area contributed by atoms with E-state index in [-0.39, 0.29) is 40.5 Å². The van der Waals surface area contributed by atoms with Gasteiger partial charge in [-0.15, -0.1) is 0 Å². The molecule has 2 aliphatic rings. The quantitative estimate of drug-likeness (QED) is 0.0329. The Morgan fingerprint density at radius 2 is 1.03 bits per heavy atom. The van der Waals surface area contributed by atoms with Crippen molar-refractivity contribution in [3.63, 3.8) is 0 Å². The third-order valence-electron chi connectivity index (χ3n) is 9.21. The number of Topliss-reactive ketones (excluding diaryl/α,β-unsaturated/α-hetero) is 2. The van der Waals surface area contributed by atoms with Crippen molar-refractivity contribution in [3.8, 4) is 23.3 Å². The molecule has 4 aromatic rings. The van der Waals surface area contributed by atoms with Crippen LogP contribution in [0, 0.1) is 11.8 Å². The van der Waals surface area contributed by atoms with Gasteiger partial charge in [-0.3, -0.25) is 9.59 Å². The van der Waals surface area contributed by atoms with Crippen LogP contribution in [-0.2, 0) is 19.1 Å². The van der Waals surface area contributed by atoms with Crippen LogP contribution in [0.15, 0.2) is 120 Å². The normalized spacial score (nSPS) is 15.3. The first kappa shape index (κ1) is 42.7. The summed E-state index contributed by atoms with van der Waals surface area (Å²) >= 11 is 0. The van der Waals surface area contributed by atoms with E-state index >= 15 is 0 Å². The Balaban J connectivity index is 0.000000221. The van der Waals surface area contributed by atoms with Crippen LogP contribution in [0.3, 0.4) is 0 Å². The molecule has 12 heteroatoms. The smallest absolute Gasteiger partial charge is 0.387 e. The molecule has 0 spiro atoms. The number of carbonyl (C=O) groups is 4. The van der Waals surface area contributed by atoms with Gasteiger partial charge < -0.3 is 18.9 Å². The zero-order chi connectivity index (χ0) is 41.6. The first-order chi connectivity index (χ1) is 27.9. The SMILES string of the molecule is CCOC(=O)C=C1CC(c2cccc(C#Cc3ccc(OC(F)F)cc3)c2)C1.CCOC(=O)C=C1CC(c2cccc(C(=O)C(=O)c3ccc(OC(F)F)cc3)c2)C1. The van der Waals surface area contributed by atoms with Crippen LogP contribution in [0.4, 0.5) is 17.6 Å². The lowest BCUT2D eigenvalue weighted by Crippen LogP contribution is -2.17. The predicted molar refractivity (Wildman–Crippen MR) is 207 cm³/mol. The van der Waals surface area contributed by atoms with E-state index in [1.165, 1.54) is 48.0 Å². The van der Waals surface area contributed by atoms with E-state index < -0.39 is 24.8 Å². The lowest BCUT2D eigenvalue weighted by Gasteiger charge is -2.29. The number of ketones is 2. The summed E-state index contributed by atoms with van der Waals surface area (Å²) in [5.74, 6) is 4.65. The fraction of sp³-hybridized carbons (Fsp3) is 0.261. The minimum Gasteiger partial charge on any atom is -0.463 e. The molecule has 2 aliphatic carbocycles. The van der Waals surface area contributed by atoms with E-state index in [9.17, 15) is 36.7 Å². The summed E-state index contributed by atoms with van der Waals surface area (Å²) in [5.41, 5.74) is 6.14. The van der Waals surface area contributed by atoms with Gasteiger partial charge in [-0.2, -0.15) is 17.6 Å². The van der Waals surface area contributed by atoms with Crippen LogP contribution in [0.1, 0.15) is 94.3 Å². The zero-order valence-electron chi connectivity index (χ0n) is 31.7. The maximum atomic E-state index is 12.6. The Morgan fingerprint density at radius 3 is 1.53 bits per heavy atom. The van der Waals surface area contributed by atoms with Gasteiger partial charge in [-0.1, -0.05) is 53.3 Å². The molecule has 4 aromatic carbocycles. The summed E-state index contributed by atoms with van der Waals surface area (Å²) < 4.78 is 67.2. The fourth-order valence-corrected chi connectivity index (χ4v) is 6.27. The van der Waals surface area contributed by atoms with Crippen molar-refractivity contribution < 1.29 is 55.7 Å². The van der Waals surface area contributed by atoms with Gasteiger partial charge in [0.25, 0.3) is 0 Å². The average Bonchev–Trinajstić information content (AvgIpc) is 3.17. The number of ether oxygens (including phenoxy) is 4. The van der Waals surface area contributed by atoms with Crippen LogP contribution >= 0.6 is 0 Å². The molecule has 0 radical (unpaired) electrons. The van der Waals surface area contributed by atoms with E-state index in [0.717, 1.165) is 40.7 Å². The Kier molecular flexibility index (Phi) is 15.2. The standard InChI is InChI=1S/C23H20F2O5.C23H20F2O3/c1-2-29-20(26)12-14-10-18(11-14)16-4-3-5-17(13-16)22(28)21(27)15-6-8-19(9-7-15)30-23(24)25;1-2-27-22(26)15-18-13-20(14-18)19-5-3-4-17(12-19)7-6-16-8-10-21(11-9-16)28-23(24)25/h3-9,12-13,18,23H,2,10-11H2,1H3;3-5,8-12,15,20,23H,2,13-14H2,1H3. The molecule has 2 saturated carbocycles. The second-order valence-electron chi connectivity index (χ2n) is 13.3. The Hall–Kier alpha value is -6.48. The molecule has 0 aliphatic heterocycles. The number of alkyl halides is 4. The van der Waals surface area contributed by atoms with Gasteiger partial charge in [0, 0.05) is 34.4 Å². The highest BCUT2D eigenvalue weighted by Gasteiger charge is 2.28. The lowest BCUT2D eigenvalue weighted by molar-refractivity contribution is -0.138. The van der Waals surface area contributed by atoms with Gasteiger partial charge in [0.1, 0.15) is 11.5 Å². The van der Waals surface area contributed by atoms with Crippen molar-refractivity contribution in [2.45, 2.75) is 64.6 Å². The monoisotopic (exact) mass is 796 g/mol. The fourth-order valence-electron chi connectivity index (χ4n) is 6.27. The van der Waals surface area contributed by atoms with Crippen molar-refractivity contribution >= 4 is 23.5 Å². The number of hydrogen-bond acceptors (Lipinski definition) is 8. The minimum atomic E-state index is -2.96. The molecule has 6 rings (SSSR count). The minimum absolute atomic E-state index is 0.0901. The number of carbonyl (C=O) groups excluding carboxylic acids is 4. The number of rotatable bonds is 13. The number of benzene rings is 4. The molecular formula is C46H40F4O8. The summed E-state index contributed by atoms with van der Waals surface area (Å²) in [6.07, 6.45) is 6.17. The average molecular weight is 797 g/mol. The molecule has 0 amide bonds. The first-order valence-electron chi connectivity index (χ1n) is 18.5. The summed E-state index contributed by atoms with van der Waals surface area (Å²) in [6, 6.07) is 26.1. The summed E-state index contributed by atoms with van der Waals surface area (Å²) in [5, 5.41) is 0. The molecule has 0 bridgehead atoms. The van der Waals surface area contributed by atoms with Crippen LogP contribution in [-0.4, -0.2) is 49.9 Å². The molecule has 0 N–H and O–H groups in total. The topological polar surface area (TPSA) is 105 Å². The summed E-state index contributed by atoms with van der Waals surface area (Å²) in [4.78, 5) is 48.0. The van der Waals surface area contributed by atoms with Gasteiger partial charge in [-0.05, 0) is 129 Å². The second kappa shape index (κ2) is 20.6. The highest BCUT2D eigenvalue weighted by molar-refractivity contribution is 6.49. The molecule has 8 nitrogen and oxygen atoms in total. The second-order valence-corrected chi connectivity index (χ2v) is 13.3. The predicted octanol–water partition coefficient (Wildman–Crippen LogP) is 9.78. The van der Waals surface area contributed by atoms with E-state index in [4.69, 9.17) is 9.47 Å². The molecule has 300 valence electrons. The molecular weight excluding hydrogens is 756 g/mol. The molecule has 0 unspecified atom stereocenters. The Bertz CT molecular complexity index is 2200. The van der Waals surface area contributed by atoms with E-state index in [0.29, 0.717) is 32.0 Å². The van der Waals surface area contributed by atoms with E-state index in [2.05, 4.69) is 27.4 Å². The van der Waals surface area contributed by atoms with Crippen LogP contribution in [0.25, 0.3) is 0 Å². The van der Waals surface area contributed by atoms with Crippen molar-refractivity contribution in [2.24, 2.45) is 0 Å². The van der Waals surface area contributed by atoms with Gasteiger partial charge in [0.2, 0.25) is 11.6 Å². The van der Waals surface area contributed by atoms with Gasteiger partial charge >= 0.3 is 25.2 Å². The van der Waals surface area contributed by atoms with Crippen LogP contribution in [0.5, 0.6) is 11.5 Å². The van der Waals surface area contributed by atoms with E-state index in [1.807, 2.05) is 24.3 Å².